The molecular weight excluding hydrogens is 253 g/mol. The summed E-state index contributed by atoms with van der Waals surface area (Å²) >= 11 is 6.10. The number of benzene rings is 1. The van der Waals surface area contributed by atoms with Crippen molar-refractivity contribution in [3.8, 4) is 0 Å². The fourth-order valence-electron chi connectivity index (χ4n) is 1.78. The SMILES string of the molecule is Cc1cc(F)ccc1C(=O)NCC(Cl)CC(C)C. The van der Waals surface area contributed by atoms with Gasteiger partial charge in [-0.1, -0.05) is 13.8 Å². The summed E-state index contributed by atoms with van der Waals surface area (Å²) in [5, 5.41) is 2.70. The second kappa shape index (κ2) is 6.74. The molecule has 0 aliphatic carbocycles. The van der Waals surface area contributed by atoms with Crippen molar-refractivity contribution in [2.45, 2.75) is 32.6 Å². The smallest absolute Gasteiger partial charge is 0.251 e. The van der Waals surface area contributed by atoms with Gasteiger partial charge in [-0.05, 0) is 43.0 Å². The van der Waals surface area contributed by atoms with Crippen molar-refractivity contribution in [2.75, 3.05) is 6.54 Å². The van der Waals surface area contributed by atoms with Crippen LogP contribution in [0.1, 0.15) is 36.2 Å². The van der Waals surface area contributed by atoms with Gasteiger partial charge in [0.25, 0.3) is 5.91 Å². The maximum absolute atomic E-state index is 12.9. The molecule has 0 aliphatic heterocycles. The summed E-state index contributed by atoms with van der Waals surface area (Å²) in [4.78, 5) is 11.9. The van der Waals surface area contributed by atoms with E-state index in [4.69, 9.17) is 11.6 Å². The molecule has 1 unspecified atom stereocenters. The molecule has 1 N–H and O–H groups in total. The summed E-state index contributed by atoms with van der Waals surface area (Å²) in [7, 11) is 0. The Labute approximate surface area is 113 Å². The highest BCUT2D eigenvalue weighted by Crippen LogP contribution is 2.12. The molecule has 0 aromatic heterocycles. The van der Waals surface area contributed by atoms with Crippen LogP contribution in [0.25, 0.3) is 0 Å². The maximum Gasteiger partial charge on any atom is 0.251 e. The molecule has 1 aromatic rings. The molecular formula is C14H19ClFNO. The summed E-state index contributed by atoms with van der Waals surface area (Å²) < 4.78 is 12.9. The number of hydrogen-bond donors (Lipinski definition) is 1. The third-order valence-corrected chi connectivity index (χ3v) is 2.98. The average Bonchev–Trinajstić information content (AvgIpc) is 2.25. The van der Waals surface area contributed by atoms with Gasteiger partial charge in [0.2, 0.25) is 0 Å². The lowest BCUT2D eigenvalue weighted by molar-refractivity contribution is 0.0952. The standard InChI is InChI=1S/C14H19ClFNO/c1-9(2)6-11(15)8-17-14(18)13-5-4-12(16)7-10(13)3/h4-5,7,9,11H,6,8H2,1-3H3,(H,17,18). The Morgan fingerprint density at radius 3 is 2.67 bits per heavy atom. The van der Waals surface area contributed by atoms with E-state index < -0.39 is 0 Å². The van der Waals surface area contributed by atoms with Gasteiger partial charge in [-0.3, -0.25) is 4.79 Å². The molecule has 18 heavy (non-hydrogen) atoms. The lowest BCUT2D eigenvalue weighted by Gasteiger charge is -2.13. The minimum Gasteiger partial charge on any atom is -0.351 e. The van der Waals surface area contributed by atoms with Gasteiger partial charge in [0, 0.05) is 12.1 Å². The Kier molecular flexibility index (Phi) is 5.60. The number of aryl methyl sites for hydroxylation is 1. The highest BCUT2D eigenvalue weighted by molar-refractivity contribution is 6.21. The summed E-state index contributed by atoms with van der Waals surface area (Å²) in [6.07, 6.45) is 0.851. The van der Waals surface area contributed by atoms with E-state index in [1.54, 1.807) is 6.92 Å². The highest BCUT2D eigenvalue weighted by Gasteiger charge is 2.12. The molecule has 4 heteroatoms. The quantitative estimate of drug-likeness (QED) is 0.816. The first kappa shape index (κ1) is 15.0. The summed E-state index contributed by atoms with van der Waals surface area (Å²) in [5.74, 6) is -0.0436. The molecule has 1 amide bonds. The van der Waals surface area contributed by atoms with Crippen molar-refractivity contribution >= 4 is 17.5 Å². The van der Waals surface area contributed by atoms with E-state index in [-0.39, 0.29) is 17.1 Å². The van der Waals surface area contributed by atoms with Crippen LogP contribution in [0.5, 0.6) is 0 Å². The van der Waals surface area contributed by atoms with Gasteiger partial charge in [-0.2, -0.15) is 0 Å². The normalized spacial score (nSPS) is 12.6. The number of rotatable bonds is 5. The lowest BCUT2D eigenvalue weighted by Crippen LogP contribution is -2.30. The first-order chi connectivity index (χ1) is 8.40. The minimum absolute atomic E-state index is 0.0743. The molecule has 0 bridgehead atoms. The molecule has 0 spiro atoms. The zero-order valence-electron chi connectivity index (χ0n) is 11.0. The van der Waals surface area contributed by atoms with Crippen LogP contribution in [-0.2, 0) is 0 Å². The van der Waals surface area contributed by atoms with Crippen LogP contribution in [0.3, 0.4) is 0 Å². The number of amides is 1. The van der Waals surface area contributed by atoms with E-state index in [0.717, 1.165) is 6.42 Å². The number of hydrogen-bond acceptors (Lipinski definition) is 1. The van der Waals surface area contributed by atoms with Crippen molar-refractivity contribution in [3.63, 3.8) is 0 Å². The van der Waals surface area contributed by atoms with Crippen LogP contribution in [-0.4, -0.2) is 17.8 Å². The predicted octanol–water partition coefficient (Wildman–Crippen LogP) is 3.52. The molecule has 0 fully saturated rings. The van der Waals surface area contributed by atoms with Gasteiger partial charge in [-0.15, -0.1) is 11.6 Å². The van der Waals surface area contributed by atoms with Crippen LogP contribution < -0.4 is 5.32 Å². The van der Waals surface area contributed by atoms with Gasteiger partial charge >= 0.3 is 0 Å². The Hall–Kier alpha value is -1.09. The topological polar surface area (TPSA) is 29.1 Å². The van der Waals surface area contributed by atoms with Crippen molar-refractivity contribution < 1.29 is 9.18 Å². The average molecular weight is 272 g/mol. The number of alkyl halides is 1. The van der Waals surface area contributed by atoms with Crippen molar-refractivity contribution in [3.05, 3.63) is 35.1 Å². The summed E-state index contributed by atoms with van der Waals surface area (Å²) in [5.41, 5.74) is 1.12. The van der Waals surface area contributed by atoms with Crippen LogP contribution in [0.4, 0.5) is 4.39 Å². The summed E-state index contributed by atoms with van der Waals surface area (Å²) in [6.45, 7) is 6.31. The molecule has 1 atom stereocenters. The predicted molar refractivity (Wildman–Crippen MR) is 72.6 cm³/mol. The molecule has 0 heterocycles. The number of carbonyl (C=O) groups excluding carboxylic acids is 1. The Morgan fingerprint density at radius 2 is 2.11 bits per heavy atom. The van der Waals surface area contributed by atoms with Crippen molar-refractivity contribution in [1.82, 2.24) is 5.32 Å². The van der Waals surface area contributed by atoms with Crippen LogP contribution in [0, 0.1) is 18.7 Å². The molecule has 1 rings (SSSR count). The second-order valence-electron chi connectivity index (χ2n) is 4.90. The van der Waals surface area contributed by atoms with E-state index >= 15 is 0 Å². The Balaban J connectivity index is 2.55. The number of nitrogens with one attached hydrogen (secondary N) is 1. The second-order valence-corrected chi connectivity index (χ2v) is 5.51. The summed E-state index contributed by atoms with van der Waals surface area (Å²) in [6, 6.07) is 4.13. The monoisotopic (exact) mass is 271 g/mol. The molecule has 0 aliphatic rings. The molecule has 0 saturated carbocycles. The fraction of sp³-hybridized carbons (Fsp3) is 0.500. The molecule has 0 radical (unpaired) electrons. The van der Waals surface area contributed by atoms with E-state index in [2.05, 4.69) is 19.2 Å². The van der Waals surface area contributed by atoms with Gasteiger partial charge in [0.15, 0.2) is 0 Å². The van der Waals surface area contributed by atoms with E-state index in [1.807, 2.05) is 0 Å². The van der Waals surface area contributed by atoms with E-state index in [9.17, 15) is 9.18 Å². The molecule has 2 nitrogen and oxygen atoms in total. The Bertz CT molecular complexity index is 420. The van der Waals surface area contributed by atoms with Crippen molar-refractivity contribution in [2.24, 2.45) is 5.92 Å². The van der Waals surface area contributed by atoms with Gasteiger partial charge < -0.3 is 5.32 Å². The zero-order chi connectivity index (χ0) is 13.7. The van der Waals surface area contributed by atoms with Crippen LogP contribution in [0.15, 0.2) is 18.2 Å². The van der Waals surface area contributed by atoms with Crippen LogP contribution >= 0.6 is 11.6 Å². The lowest BCUT2D eigenvalue weighted by atomic mass is 10.1. The van der Waals surface area contributed by atoms with E-state index in [0.29, 0.717) is 23.6 Å². The van der Waals surface area contributed by atoms with Crippen molar-refractivity contribution in [1.29, 1.82) is 0 Å². The minimum atomic E-state index is -0.334. The molecule has 1 aromatic carbocycles. The van der Waals surface area contributed by atoms with Gasteiger partial charge in [0.1, 0.15) is 5.82 Å². The fourth-order valence-corrected chi connectivity index (χ4v) is 2.21. The number of carbonyl (C=O) groups is 1. The van der Waals surface area contributed by atoms with Gasteiger partial charge in [-0.25, -0.2) is 4.39 Å². The highest BCUT2D eigenvalue weighted by atomic mass is 35.5. The third kappa shape index (κ3) is 4.65. The molecule has 0 saturated heterocycles. The first-order valence-electron chi connectivity index (χ1n) is 6.08. The maximum atomic E-state index is 12.9. The first-order valence-corrected chi connectivity index (χ1v) is 6.52. The number of halogens is 2. The molecule has 100 valence electrons. The largest absolute Gasteiger partial charge is 0.351 e. The third-order valence-electron chi connectivity index (χ3n) is 2.64. The van der Waals surface area contributed by atoms with Gasteiger partial charge in [0.05, 0.1) is 5.38 Å². The Morgan fingerprint density at radius 1 is 1.44 bits per heavy atom. The van der Waals surface area contributed by atoms with E-state index in [1.165, 1.54) is 18.2 Å². The van der Waals surface area contributed by atoms with Crippen LogP contribution in [0.2, 0.25) is 0 Å². The zero-order valence-corrected chi connectivity index (χ0v) is 11.7.